The lowest BCUT2D eigenvalue weighted by Gasteiger charge is -2.21. The molecule has 8 heteroatoms. The molecule has 0 spiro atoms. The summed E-state index contributed by atoms with van der Waals surface area (Å²) >= 11 is 0. The third-order valence-corrected chi connectivity index (χ3v) is 3.48. The fraction of sp³-hybridized carbons (Fsp3) is 0.389. The molecule has 1 rings (SSSR count). The normalized spacial score (nSPS) is 12.4. The summed E-state index contributed by atoms with van der Waals surface area (Å²) in [6.45, 7) is 4.14. The highest BCUT2D eigenvalue weighted by atomic mass is 16.5. The van der Waals surface area contributed by atoms with Gasteiger partial charge in [-0.05, 0) is 25.0 Å². The first-order valence-electron chi connectivity index (χ1n) is 8.02. The van der Waals surface area contributed by atoms with E-state index in [1.165, 1.54) is 6.92 Å². The zero-order valence-corrected chi connectivity index (χ0v) is 14.9. The Bertz CT molecular complexity index is 710. The van der Waals surface area contributed by atoms with Crippen LogP contribution in [0.4, 0.5) is 10.5 Å². The number of esters is 1. The molecule has 2 atom stereocenters. The van der Waals surface area contributed by atoms with Crippen LogP contribution in [0.15, 0.2) is 30.3 Å². The van der Waals surface area contributed by atoms with E-state index in [0.29, 0.717) is 5.69 Å². The predicted molar refractivity (Wildman–Crippen MR) is 95.7 cm³/mol. The number of carbonyl (C=O) groups is 3. The molecule has 0 aliphatic rings. The monoisotopic (exact) mass is 358 g/mol. The molecule has 0 heterocycles. The molecule has 0 saturated heterocycles. The van der Waals surface area contributed by atoms with Crippen LogP contribution < -0.4 is 10.6 Å². The second kappa shape index (κ2) is 9.93. The lowest BCUT2D eigenvalue weighted by Crippen LogP contribution is -2.47. The standard InChI is InChI=1S/C18H22N4O4/c1-11(2)16(22-18(25)21-13-7-5-4-6-8-13)17(24)26-10-15(23)14(9-19)12(3)20/h4-8,11,14,16,20H,10H2,1-3H3,(H2,21,22,25)/t14-,16+/m1/s1. The Balaban J connectivity index is 2.64. The van der Waals surface area contributed by atoms with Crippen LogP contribution in [-0.2, 0) is 14.3 Å². The number of ether oxygens (including phenoxy) is 1. The van der Waals surface area contributed by atoms with E-state index in [2.05, 4.69) is 10.6 Å². The molecule has 1 aromatic rings. The number of nitrogens with zero attached hydrogens (tertiary/aromatic N) is 1. The van der Waals surface area contributed by atoms with Crippen molar-refractivity contribution in [3.63, 3.8) is 0 Å². The zero-order valence-electron chi connectivity index (χ0n) is 14.9. The molecule has 0 aliphatic carbocycles. The lowest BCUT2D eigenvalue weighted by molar-refractivity contribution is -0.151. The number of carbonyl (C=O) groups excluding carboxylic acids is 3. The Kier molecular flexibility index (Phi) is 7.96. The highest BCUT2D eigenvalue weighted by Crippen LogP contribution is 2.08. The van der Waals surface area contributed by atoms with Gasteiger partial charge in [-0.2, -0.15) is 5.26 Å². The number of hydrogen-bond acceptors (Lipinski definition) is 6. The van der Waals surface area contributed by atoms with Crippen molar-refractivity contribution >= 4 is 29.2 Å². The number of hydrogen-bond donors (Lipinski definition) is 3. The molecule has 1 aromatic carbocycles. The van der Waals surface area contributed by atoms with E-state index in [-0.39, 0.29) is 11.6 Å². The van der Waals surface area contributed by atoms with Crippen molar-refractivity contribution in [2.45, 2.75) is 26.8 Å². The number of para-hydroxylation sites is 1. The molecule has 3 N–H and O–H groups in total. The Hall–Kier alpha value is -3.21. The minimum Gasteiger partial charge on any atom is -0.456 e. The van der Waals surface area contributed by atoms with E-state index in [9.17, 15) is 14.4 Å². The maximum absolute atomic E-state index is 12.2. The Labute approximate surface area is 152 Å². The average Bonchev–Trinajstić information content (AvgIpc) is 2.58. The predicted octanol–water partition coefficient (Wildman–Crippen LogP) is 2.12. The summed E-state index contributed by atoms with van der Waals surface area (Å²) < 4.78 is 4.93. The molecule has 0 saturated carbocycles. The van der Waals surface area contributed by atoms with Gasteiger partial charge in [-0.15, -0.1) is 0 Å². The molecule has 0 aliphatic heterocycles. The van der Waals surface area contributed by atoms with Crippen molar-refractivity contribution in [2.75, 3.05) is 11.9 Å². The van der Waals surface area contributed by atoms with Crippen molar-refractivity contribution < 1.29 is 19.1 Å². The second-order valence-electron chi connectivity index (χ2n) is 6.01. The number of ketones is 1. The van der Waals surface area contributed by atoms with Crippen LogP contribution in [0.3, 0.4) is 0 Å². The highest BCUT2D eigenvalue weighted by molar-refractivity contribution is 6.06. The van der Waals surface area contributed by atoms with Gasteiger partial charge in [-0.3, -0.25) is 4.79 Å². The third kappa shape index (κ3) is 6.36. The molecule has 0 aromatic heterocycles. The summed E-state index contributed by atoms with van der Waals surface area (Å²) in [6.07, 6.45) is 0. The lowest BCUT2D eigenvalue weighted by atomic mass is 10.0. The van der Waals surface area contributed by atoms with Crippen LogP contribution in [0.25, 0.3) is 0 Å². The number of urea groups is 1. The molecule has 0 fully saturated rings. The van der Waals surface area contributed by atoms with Crippen LogP contribution in [0.1, 0.15) is 20.8 Å². The number of anilines is 1. The number of amides is 2. The molecular formula is C18H22N4O4. The van der Waals surface area contributed by atoms with Crippen LogP contribution >= 0.6 is 0 Å². The van der Waals surface area contributed by atoms with Crippen LogP contribution in [0.5, 0.6) is 0 Å². The molecule has 2 amide bonds. The number of benzene rings is 1. The molecular weight excluding hydrogens is 336 g/mol. The fourth-order valence-corrected chi connectivity index (χ4v) is 2.05. The van der Waals surface area contributed by atoms with Gasteiger partial charge in [0.15, 0.2) is 12.4 Å². The van der Waals surface area contributed by atoms with Crippen molar-refractivity contribution in [3.05, 3.63) is 30.3 Å². The quantitative estimate of drug-likeness (QED) is 0.484. The van der Waals surface area contributed by atoms with Crippen molar-refractivity contribution in [1.82, 2.24) is 5.32 Å². The zero-order chi connectivity index (χ0) is 19.7. The van der Waals surface area contributed by atoms with Gasteiger partial charge in [-0.25, -0.2) is 9.59 Å². The number of Topliss-reactive ketones (excluding diaryl/α,β-unsaturated/α-hetero) is 1. The smallest absolute Gasteiger partial charge is 0.329 e. The molecule has 0 radical (unpaired) electrons. The van der Waals surface area contributed by atoms with Gasteiger partial charge in [0.25, 0.3) is 0 Å². The largest absolute Gasteiger partial charge is 0.456 e. The molecule has 138 valence electrons. The maximum atomic E-state index is 12.2. The second-order valence-corrected chi connectivity index (χ2v) is 6.01. The first-order valence-corrected chi connectivity index (χ1v) is 8.02. The summed E-state index contributed by atoms with van der Waals surface area (Å²) in [5, 5.41) is 21.3. The number of rotatable bonds is 8. The van der Waals surface area contributed by atoms with Gasteiger partial charge in [0.1, 0.15) is 12.0 Å². The van der Waals surface area contributed by atoms with Gasteiger partial charge in [0, 0.05) is 11.4 Å². The summed E-state index contributed by atoms with van der Waals surface area (Å²) in [5.74, 6) is -2.98. The van der Waals surface area contributed by atoms with Crippen LogP contribution in [-0.4, -0.2) is 36.1 Å². The average molecular weight is 358 g/mol. The van der Waals surface area contributed by atoms with E-state index < -0.39 is 36.4 Å². The van der Waals surface area contributed by atoms with E-state index in [1.54, 1.807) is 50.2 Å². The Morgan fingerprint density at radius 2 is 1.85 bits per heavy atom. The first-order chi connectivity index (χ1) is 12.3. The van der Waals surface area contributed by atoms with Crippen molar-refractivity contribution in [1.29, 1.82) is 10.7 Å². The molecule has 26 heavy (non-hydrogen) atoms. The van der Waals surface area contributed by atoms with Crippen LogP contribution in [0.2, 0.25) is 0 Å². The minimum atomic E-state index is -1.24. The van der Waals surface area contributed by atoms with Gasteiger partial charge in [-0.1, -0.05) is 32.0 Å². The number of nitrogens with one attached hydrogen (secondary N) is 3. The van der Waals surface area contributed by atoms with Gasteiger partial charge in [0.2, 0.25) is 0 Å². The van der Waals surface area contributed by atoms with E-state index in [4.69, 9.17) is 15.4 Å². The van der Waals surface area contributed by atoms with E-state index in [1.807, 2.05) is 0 Å². The minimum absolute atomic E-state index is 0.116. The molecule has 0 bridgehead atoms. The summed E-state index contributed by atoms with van der Waals surface area (Å²) in [5.41, 5.74) is 0.448. The number of nitriles is 1. The summed E-state index contributed by atoms with van der Waals surface area (Å²) in [6, 6.07) is 8.86. The van der Waals surface area contributed by atoms with Gasteiger partial charge in [0.05, 0.1) is 6.07 Å². The van der Waals surface area contributed by atoms with Crippen LogP contribution in [0, 0.1) is 28.6 Å². The van der Waals surface area contributed by atoms with E-state index in [0.717, 1.165) is 0 Å². The topological polar surface area (TPSA) is 132 Å². The van der Waals surface area contributed by atoms with E-state index >= 15 is 0 Å². The van der Waals surface area contributed by atoms with Crippen molar-refractivity contribution in [3.8, 4) is 6.07 Å². The SMILES string of the molecule is CC(=N)[C@@H](C#N)C(=O)COC(=O)[C@@H](NC(=O)Nc1ccccc1)C(C)C. The van der Waals surface area contributed by atoms with Gasteiger partial charge >= 0.3 is 12.0 Å². The molecule has 8 nitrogen and oxygen atoms in total. The first kappa shape index (κ1) is 20.8. The Morgan fingerprint density at radius 3 is 2.35 bits per heavy atom. The summed E-state index contributed by atoms with van der Waals surface area (Å²) in [7, 11) is 0. The molecule has 0 unspecified atom stereocenters. The maximum Gasteiger partial charge on any atom is 0.329 e. The fourth-order valence-electron chi connectivity index (χ4n) is 2.05. The highest BCUT2D eigenvalue weighted by Gasteiger charge is 2.28. The van der Waals surface area contributed by atoms with Crippen molar-refractivity contribution in [2.24, 2.45) is 11.8 Å². The Morgan fingerprint density at radius 1 is 1.23 bits per heavy atom. The van der Waals surface area contributed by atoms with Gasteiger partial charge < -0.3 is 20.8 Å². The summed E-state index contributed by atoms with van der Waals surface area (Å²) in [4.78, 5) is 36.1. The third-order valence-electron chi connectivity index (χ3n) is 3.48.